The van der Waals surface area contributed by atoms with Crippen LogP contribution in [0.4, 0.5) is 5.69 Å². The van der Waals surface area contributed by atoms with E-state index < -0.39 is 0 Å². The summed E-state index contributed by atoms with van der Waals surface area (Å²) < 4.78 is 16.9. The molecule has 3 aromatic carbocycles. The van der Waals surface area contributed by atoms with Crippen molar-refractivity contribution in [3.05, 3.63) is 83.7 Å². The number of methoxy groups -OCH3 is 1. The van der Waals surface area contributed by atoms with Gasteiger partial charge in [0.2, 0.25) is 17.6 Å². The van der Waals surface area contributed by atoms with Crippen molar-refractivity contribution in [1.82, 2.24) is 15.0 Å². The van der Waals surface area contributed by atoms with Crippen LogP contribution in [-0.4, -0.2) is 41.1 Å². The standard InChI is InChI=1S/C28H27ClN4O4/c1-35-24-9-5-6-10-25(24)36-23-12-11-21(29)17-22(23)30-28(34)20-13-15-33(16-14-20)18-26-31-27(32-37-26)19-7-3-2-4-8-19/h2-12,17,20H,13-16,18H2,1H3,(H,30,34). The normalized spacial score (nSPS) is 14.3. The molecule has 8 nitrogen and oxygen atoms in total. The van der Waals surface area contributed by atoms with Crippen LogP contribution in [0.1, 0.15) is 18.7 Å². The number of carbonyl (C=O) groups excluding carboxylic acids is 1. The molecule has 190 valence electrons. The van der Waals surface area contributed by atoms with E-state index in [1.807, 2.05) is 48.5 Å². The van der Waals surface area contributed by atoms with Crippen molar-refractivity contribution in [2.24, 2.45) is 5.92 Å². The van der Waals surface area contributed by atoms with Gasteiger partial charge in [-0.1, -0.05) is 59.2 Å². The zero-order valence-corrected chi connectivity index (χ0v) is 21.1. The van der Waals surface area contributed by atoms with Gasteiger partial charge in [0.05, 0.1) is 19.3 Å². The fourth-order valence-electron chi connectivity index (χ4n) is 4.31. The summed E-state index contributed by atoms with van der Waals surface area (Å²) in [6.45, 7) is 2.06. The van der Waals surface area contributed by atoms with Crippen molar-refractivity contribution >= 4 is 23.2 Å². The average molecular weight is 519 g/mol. The summed E-state index contributed by atoms with van der Waals surface area (Å²) in [5.74, 6) is 2.60. The van der Waals surface area contributed by atoms with Crippen molar-refractivity contribution in [1.29, 1.82) is 0 Å². The van der Waals surface area contributed by atoms with E-state index in [2.05, 4.69) is 20.4 Å². The number of halogens is 1. The third-order valence-corrected chi connectivity index (χ3v) is 6.54. The number of para-hydroxylation sites is 2. The zero-order chi connectivity index (χ0) is 25.6. The molecule has 1 fully saturated rings. The quantitative estimate of drug-likeness (QED) is 0.304. The Morgan fingerprint density at radius 1 is 1.03 bits per heavy atom. The molecule has 2 heterocycles. The van der Waals surface area contributed by atoms with E-state index in [1.165, 1.54) is 0 Å². The fourth-order valence-corrected chi connectivity index (χ4v) is 4.49. The van der Waals surface area contributed by atoms with Crippen molar-refractivity contribution < 1.29 is 18.8 Å². The highest BCUT2D eigenvalue weighted by Gasteiger charge is 2.27. The Morgan fingerprint density at radius 3 is 2.51 bits per heavy atom. The lowest BCUT2D eigenvalue weighted by molar-refractivity contribution is -0.121. The number of anilines is 1. The highest BCUT2D eigenvalue weighted by atomic mass is 35.5. The van der Waals surface area contributed by atoms with Gasteiger partial charge in [0.15, 0.2) is 17.2 Å². The number of likely N-dealkylation sites (tertiary alicyclic amines) is 1. The van der Waals surface area contributed by atoms with Crippen LogP contribution in [0, 0.1) is 5.92 Å². The summed E-state index contributed by atoms with van der Waals surface area (Å²) in [7, 11) is 1.58. The summed E-state index contributed by atoms with van der Waals surface area (Å²) in [4.78, 5) is 19.9. The zero-order valence-electron chi connectivity index (χ0n) is 20.4. The Balaban J connectivity index is 1.18. The van der Waals surface area contributed by atoms with Crippen molar-refractivity contribution in [2.45, 2.75) is 19.4 Å². The molecule has 1 aromatic heterocycles. The predicted octanol–water partition coefficient (Wildman–Crippen LogP) is 6.04. The van der Waals surface area contributed by atoms with Crippen LogP contribution >= 0.6 is 11.6 Å². The maximum atomic E-state index is 13.1. The maximum Gasteiger partial charge on any atom is 0.241 e. The van der Waals surface area contributed by atoms with Gasteiger partial charge in [0, 0.05) is 16.5 Å². The number of rotatable bonds is 8. The van der Waals surface area contributed by atoms with Crippen LogP contribution in [0.2, 0.25) is 5.02 Å². The topological polar surface area (TPSA) is 89.7 Å². The molecular weight excluding hydrogens is 492 g/mol. The van der Waals surface area contributed by atoms with Crippen LogP contribution in [0.3, 0.4) is 0 Å². The first-order chi connectivity index (χ1) is 18.1. The van der Waals surface area contributed by atoms with E-state index in [-0.39, 0.29) is 11.8 Å². The van der Waals surface area contributed by atoms with Gasteiger partial charge in [-0.15, -0.1) is 0 Å². The lowest BCUT2D eigenvalue weighted by atomic mass is 9.96. The molecule has 9 heteroatoms. The van der Waals surface area contributed by atoms with E-state index in [9.17, 15) is 4.79 Å². The Morgan fingerprint density at radius 2 is 1.76 bits per heavy atom. The smallest absolute Gasteiger partial charge is 0.241 e. The molecule has 0 radical (unpaired) electrons. The summed E-state index contributed by atoms with van der Waals surface area (Å²) in [6, 6.07) is 22.2. The largest absolute Gasteiger partial charge is 0.493 e. The molecule has 0 unspecified atom stereocenters. The molecule has 1 aliphatic rings. The van der Waals surface area contributed by atoms with E-state index in [4.69, 9.17) is 25.6 Å². The van der Waals surface area contributed by atoms with Gasteiger partial charge in [-0.05, 0) is 56.3 Å². The molecule has 0 bridgehead atoms. The summed E-state index contributed by atoms with van der Waals surface area (Å²) in [5, 5.41) is 7.61. The van der Waals surface area contributed by atoms with Crippen LogP contribution < -0.4 is 14.8 Å². The highest BCUT2D eigenvalue weighted by molar-refractivity contribution is 6.31. The molecule has 5 rings (SSSR count). The number of aromatic nitrogens is 2. The molecule has 1 aliphatic heterocycles. The maximum absolute atomic E-state index is 13.1. The Kier molecular flexibility index (Phi) is 7.67. The number of nitrogens with one attached hydrogen (secondary N) is 1. The van der Waals surface area contributed by atoms with Gasteiger partial charge in [-0.2, -0.15) is 4.98 Å². The van der Waals surface area contributed by atoms with E-state index in [0.29, 0.717) is 46.2 Å². The van der Waals surface area contributed by atoms with Crippen molar-refractivity contribution in [3.8, 4) is 28.6 Å². The number of ether oxygens (including phenoxy) is 2. The molecule has 37 heavy (non-hydrogen) atoms. The summed E-state index contributed by atoms with van der Waals surface area (Å²) >= 11 is 6.23. The minimum absolute atomic E-state index is 0.0593. The van der Waals surface area contributed by atoms with Gasteiger partial charge >= 0.3 is 0 Å². The lowest BCUT2D eigenvalue weighted by Crippen LogP contribution is -2.37. The van der Waals surface area contributed by atoms with Crippen molar-refractivity contribution in [2.75, 3.05) is 25.5 Å². The Labute approximate surface area is 220 Å². The van der Waals surface area contributed by atoms with Crippen molar-refractivity contribution in [3.63, 3.8) is 0 Å². The second kappa shape index (κ2) is 11.5. The van der Waals surface area contributed by atoms with Gasteiger partial charge in [0.1, 0.15) is 0 Å². The van der Waals surface area contributed by atoms with E-state index in [0.717, 1.165) is 31.5 Å². The first-order valence-electron chi connectivity index (χ1n) is 12.1. The minimum Gasteiger partial charge on any atom is -0.493 e. The highest BCUT2D eigenvalue weighted by Crippen LogP contribution is 2.37. The SMILES string of the molecule is COc1ccccc1Oc1ccc(Cl)cc1NC(=O)C1CCN(Cc2nc(-c3ccccc3)no2)CC1. The number of nitrogens with zero attached hydrogens (tertiary/aromatic N) is 3. The molecule has 1 amide bonds. The van der Waals surface area contributed by atoms with Gasteiger partial charge in [-0.25, -0.2) is 0 Å². The van der Waals surface area contributed by atoms with Gasteiger partial charge in [-0.3, -0.25) is 9.69 Å². The van der Waals surface area contributed by atoms with Crippen LogP contribution in [0.25, 0.3) is 11.4 Å². The third-order valence-electron chi connectivity index (χ3n) is 6.31. The number of hydrogen-bond donors (Lipinski definition) is 1. The number of carbonyl (C=O) groups is 1. The lowest BCUT2D eigenvalue weighted by Gasteiger charge is -2.30. The number of amides is 1. The van der Waals surface area contributed by atoms with E-state index >= 15 is 0 Å². The Hall–Kier alpha value is -3.88. The molecule has 0 spiro atoms. The van der Waals surface area contributed by atoms with Crippen LogP contribution in [-0.2, 0) is 11.3 Å². The van der Waals surface area contributed by atoms with Gasteiger partial charge in [0.25, 0.3) is 0 Å². The molecule has 1 N–H and O–H groups in total. The molecule has 0 aliphatic carbocycles. The minimum atomic E-state index is -0.128. The molecular formula is C28H27ClN4O4. The average Bonchev–Trinajstić information content (AvgIpc) is 3.40. The molecule has 1 saturated heterocycles. The second-order valence-electron chi connectivity index (χ2n) is 8.81. The summed E-state index contributed by atoms with van der Waals surface area (Å²) in [5.41, 5.74) is 1.44. The van der Waals surface area contributed by atoms with Crippen LogP contribution in [0.5, 0.6) is 17.2 Å². The number of hydrogen-bond acceptors (Lipinski definition) is 7. The molecule has 0 saturated carbocycles. The predicted molar refractivity (Wildman–Crippen MR) is 141 cm³/mol. The third kappa shape index (κ3) is 6.10. The molecule has 0 atom stereocenters. The monoisotopic (exact) mass is 518 g/mol. The summed E-state index contributed by atoms with van der Waals surface area (Å²) in [6.07, 6.45) is 1.43. The van der Waals surface area contributed by atoms with E-state index in [1.54, 1.807) is 31.4 Å². The number of piperidine rings is 1. The fraction of sp³-hybridized carbons (Fsp3) is 0.250. The van der Waals surface area contributed by atoms with Gasteiger partial charge < -0.3 is 19.3 Å². The molecule has 4 aromatic rings. The number of benzene rings is 3. The second-order valence-corrected chi connectivity index (χ2v) is 9.25. The Bertz CT molecular complexity index is 1350. The first kappa shape index (κ1) is 24.8. The van der Waals surface area contributed by atoms with Crippen LogP contribution in [0.15, 0.2) is 77.3 Å². The first-order valence-corrected chi connectivity index (χ1v) is 12.5.